The molecule has 22 heavy (non-hydrogen) atoms. The first-order chi connectivity index (χ1) is 10.7. The lowest BCUT2D eigenvalue weighted by Gasteiger charge is -2.09. The summed E-state index contributed by atoms with van der Waals surface area (Å²) in [6, 6.07) is 12.3. The zero-order valence-electron chi connectivity index (χ0n) is 12.8. The lowest BCUT2D eigenvalue weighted by atomic mass is 10.1. The number of aromatic nitrogens is 4. The molecule has 0 unspecified atom stereocenters. The molecule has 0 saturated heterocycles. The molecule has 2 aromatic heterocycles. The van der Waals surface area contributed by atoms with Gasteiger partial charge in [0.05, 0.1) is 11.4 Å². The standard InChI is InChI=1S/C17H19N5/c1-13-12-19-17(18-10-8-14-6-4-3-5-7-14)21-16(13)15-9-11-20-22(15)2/h3-7,9,11-12H,8,10H2,1-2H3,(H,18,19,21). The number of rotatable bonds is 5. The van der Waals surface area contributed by atoms with Gasteiger partial charge in [0.25, 0.3) is 0 Å². The molecule has 112 valence electrons. The molecule has 3 rings (SSSR count). The van der Waals surface area contributed by atoms with E-state index in [9.17, 15) is 0 Å². The van der Waals surface area contributed by atoms with E-state index in [2.05, 4.69) is 44.6 Å². The monoisotopic (exact) mass is 293 g/mol. The molecule has 1 aromatic carbocycles. The smallest absolute Gasteiger partial charge is 0.223 e. The summed E-state index contributed by atoms with van der Waals surface area (Å²) in [6.45, 7) is 2.81. The molecule has 0 spiro atoms. The minimum atomic E-state index is 0.651. The van der Waals surface area contributed by atoms with Crippen molar-refractivity contribution < 1.29 is 0 Å². The second-order valence-electron chi connectivity index (χ2n) is 5.23. The van der Waals surface area contributed by atoms with Gasteiger partial charge in [-0.25, -0.2) is 9.97 Å². The first-order valence-electron chi connectivity index (χ1n) is 7.34. The van der Waals surface area contributed by atoms with E-state index in [0.29, 0.717) is 5.95 Å². The van der Waals surface area contributed by atoms with Crippen molar-refractivity contribution in [2.45, 2.75) is 13.3 Å². The number of benzene rings is 1. The Morgan fingerprint density at radius 3 is 2.68 bits per heavy atom. The van der Waals surface area contributed by atoms with Crippen LogP contribution in [-0.2, 0) is 13.5 Å². The lowest BCUT2D eigenvalue weighted by Crippen LogP contribution is -2.09. The van der Waals surface area contributed by atoms with E-state index in [0.717, 1.165) is 29.9 Å². The highest BCUT2D eigenvalue weighted by atomic mass is 15.3. The van der Waals surface area contributed by atoms with Crippen LogP contribution in [0, 0.1) is 6.92 Å². The zero-order chi connectivity index (χ0) is 15.4. The molecule has 1 N–H and O–H groups in total. The van der Waals surface area contributed by atoms with Gasteiger partial charge in [0.2, 0.25) is 5.95 Å². The van der Waals surface area contributed by atoms with Gasteiger partial charge in [-0.1, -0.05) is 30.3 Å². The Labute approximate surface area is 130 Å². The summed E-state index contributed by atoms with van der Waals surface area (Å²) in [5.41, 5.74) is 4.24. The van der Waals surface area contributed by atoms with Crippen LogP contribution in [0.5, 0.6) is 0 Å². The third-order valence-electron chi connectivity index (χ3n) is 3.57. The van der Waals surface area contributed by atoms with Crippen LogP contribution in [0.3, 0.4) is 0 Å². The summed E-state index contributed by atoms with van der Waals surface area (Å²) in [7, 11) is 1.92. The predicted molar refractivity (Wildman–Crippen MR) is 87.6 cm³/mol. The topological polar surface area (TPSA) is 55.6 Å². The molecule has 2 heterocycles. The number of nitrogens with one attached hydrogen (secondary N) is 1. The van der Waals surface area contributed by atoms with Crippen LogP contribution in [0.4, 0.5) is 5.95 Å². The highest BCUT2D eigenvalue weighted by molar-refractivity contribution is 5.59. The molecular formula is C17H19N5. The molecule has 0 amide bonds. The maximum Gasteiger partial charge on any atom is 0.223 e. The molecule has 0 saturated carbocycles. The zero-order valence-corrected chi connectivity index (χ0v) is 12.8. The molecule has 0 fully saturated rings. The third-order valence-corrected chi connectivity index (χ3v) is 3.57. The van der Waals surface area contributed by atoms with E-state index in [1.165, 1.54) is 5.56 Å². The van der Waals surface area contributed by atoms with E-state index in [4.69, 9.17) is 0 Å². The van der Waals surface area contributed by atoms with Crippen LogP contribution in [0.2, 0.25) is 0 Å². The molecule has 0 atom stereocenters. The lowest BCUT2D eigenvalue weighted by molar-refractivity contribution is 0.772. The number of anilines is 1. The van der Waals surface area contributed by atoms with Crippen LogP contribution in [-0.4, -0.2) is 26.3 Å². The Kier molecular flexibility index (Phi) is 4.14. The normalized spacial score (nSPS) is 10.6. The fourth-order valence-electron chi connectivity index (χ4n) is 2.36. The molecule has 5 heteroatoms. The number of hydrogen-bond donors (Lipinski definition) is 1. The second kappa shape index (κ2) is 6.39. The Bertz CT molecular complexity index is 749. The fourth-order valence-corrected chi connectivity index (χ4v) is 2.36. The molecule has 0 aliphatic heterocycles. The first-order valence-corrected chi connectivity index (χ1v) is 7.34. The van der Waals surface area contributed by atoms with Gasteiger partial charge in [-0.05, 0) is 30.5 Å². The van der Waals surface area contributed by atoms with Crippen molar-refractivity contribution >= 4 is 5.95 Å². The van der Waals surface area contributed by atoms with Crippen molar-refractivity contribution in [3.05, 3.63) is 59.9 Å². The molecule has 0 aliphatic carbocycles. The summed E-state index contributed by atoms with van der Waals surface area (Å²) >= 11 is 0. The van der Waals surface area contributed by atoms with Gasteiger partial charge in [-0.15, -0.1) is 0 Å². The molecule has 0 radical (unpaired) electrons. The van der Waals surface area contributed by atoms with Gasteiger partial charge in [-0.2, -0.15) is 5.10 Å². The number of aryl methyl sites for hydroxylation is 2. The van der Waals surface area contributed by atoms with Crippen molar-refractivity contribution in [1.82, 2.24) is 19.7 Å². The largest absolute Gasteiger partial charge is 0.354 e. The summed E-state index contributed by atoms with van der Waals surface area (Å²) < 4.78 is 1.82. The van der Waals surface area contributed by atoms with Crippen molar-refractivity contribution in [3.8, 4) is 11.4 Å². The minimum absolute atomic E-state index is 0.651. The SMILES string of the molecule is Cc1cnc(NCCc2ccccc2)nc1-c1ccnn1C. The molecule has 5 nitrogen and oxygen atoms in total. The Morgan fingerprint density at radius 1 is 1.14 bits per heavy atom. The van der Waals surface area contributed by atoms with Gasteiger partial charge in [0, 0.05) is 26.0 Å². The highest BCUT2D eigenvalue weighted by Crippen LogP contribution is 2.20. The maximum absolute atomic E-state index is 4.62. The van der Waals surface area contributed by atoms with E-state index in [1.54, 1.807) is 6.20 Å². The second-order valence-corrected chi connectivity index (χ2v) is 5.23. The number of nitrogens with zero attached hydrogens (tertiary/aromatic N) is 4. The van der Waals surface area contributed by atoms with Crippen LogP contribution < -0.4 is 5.32 Å². The van der Waals surface area contributed by atoms with E-state index >= 15 is 0 Å². The van der Waals surface area contributed by atoms with Crippen molar-refractivity contribution in [1.29, 1.82) is 0 Å². The molecule has 3 aromatic rings. The molecular weight excluding hydrogens is 274 g/mol. The van der Waals surface area contributed by atoms with Crippen molar-refractivity contribution in [2.24, 2.45) is 7.05 Å². The van der Waals surface area contributed by atoms with Gasteiger partial charge in [-0.3, -0.25) is 4.68 Å². The molecule has 0 aliphatic rings. The summed E-state index contributed by atoms with van der Waals surface area (Å²) in [6.07, 6.45) is 4.57. The average molecular weight is 293 g/mol. The van der Waals surface area contributed by atoms with Crippen LogP contribution >= 0.6 is 0 Å². The van der Waals surface area contributed by atoms with Crippen LogP contribution in [0.1, 0.15) is 11.1 Å². The summed E-state index contributed by atoms with van der Waals surface area (Å²) in [5.74, 6) is 0.651. The van der Waals surface area contributed by atoms with Gasteiger partial charge < -0.3 is 5.32 Å². The minimum Gasteiger partial charge on any atom is -0.354 e. The van der Waals surface area contributed by atoms with Crippen LogP contribution in [0.25, 0.3) is 11.4 Å². The molecule has 0 bridgehead atoms. The van der Waals surface area contributed by atoms with E-state index < -0.39 is 0 Å². The van der Waals surface area contributed by atoms with Gasteiger partial charge in [0.15, 0.2) is 0 Å². The Hall–Kier alpha value is -2.69. The average Bonchev–Trinajstić information content (AvgIpc) is 2.96. The quantitative estimate of drug-likeness (QED) is 0.786. The third kappa shape index (κ3) is 3.14. The fraction of sp³-hybridized carbons (Fsp3) is 0.235. The van der Waals surface area contributed by atoms with Crippen molar-refractivity contribution in [3.63, 3.8) is 0 Å². The highest BCUT2D eigenvalue weighted by Gasteiger charge is 2.09. The first kappa shape index (κ1) is 14.3. The summed E-state index contributed by atoms with van der Waals surface area (Å²) in [4.78, 5) is 8.98. The van der Waals surface area contributed by atoms with Gasteiger partial charge in [0.1, 0.15) is 0 Å². The number of hydrogen-bond acceptors (Lipinski definition) is 4. The van der Waals surface area contributed by atoms with E-state index in [-0.39, 0.29) is 0 Å². The predicted octanol–water partition coefficient (Wildman–Crippen LogP) is 2.84. The van der Waals surface area contributed by atoms with E-state index in [1.807, 2.05) is 37.0 Å². The Morgan fingerprint density at radius 2 is 1.95 bits per heavy atom. The van der Waals surface area contributed by atoms with Gasteiger partial charge >= 0.3 is 0 Å². The van der Waals surface area contributed by atoms with Crippen molar-refractivity contribution in [2.75, 3.05) is 11.9 Å². The summed E-state index contributed by atoms with van der Waals surface area (Å²) in [5, 5.41) is 7.49. The Balaban J connectivity index is 1.71. The maximum atomic E-state index is 4.62. The van der Waals surface area contributed by atoms with Crippen LogP contribution in [0.15, 0.2) is 48.8 Å².